The molecule has 0 aliphatic carbocycles. The summed E-state index contributed by atoms with van der Waals surface area (Å²) in [6, 6.07) is 8.32. The van der Waals surface area contributed by atoms with Gasteiger partial charge in [-0.2, -0.15) is 0 Å². The van der Waals surface area contributed by atoms with Crippen LogP contribution in [0, 0.1) is 10.1 Å². The SMILES string of the molecule is O=[N+]([O-])c1ccccc1CC(O)c1sccc1Br. The van der Waals surface area contributed by atoms with Crippen molar-refractivity contribution in [1.29, 1.82) is 0 Å². The fourth-order valence-corrected chi connectivity index (χ4v) is 3.33. The Hall–Kier alpha value is -1.24. The molecule has 18 heavy (non-hydrogen) atoms. The van der Waals surface area contributed by atoms with E-state index in [1.807, 2.05) is 11.4 Å². The number of benzene rings is 1. The quantitative estimate of drug-likeness (QED) is 0.688. The van der Waals surface area contributed by atoms with Crippen molar-refractivity contribution in [3.05, 3.63) is 60.7 Å². The molecule has 94 valence electrons. The van der Waals surface area contributed by atoms with E-state index in [9.17, 15) is 15.2 Å². The Kier molecular flexibility index (Phi) is 4.11. The highest BCUT2D eigenvalue weighted by Crippen LogP contribution is 2.32. The van der Waals surface area contributed by atoms with E-state index in [2.05, 4.69) is 15.9 Å². The van der Waals surface area contributed by atoms with Gasteiger partial charge >= 0.3 is 0 Å². The van der Waals surface area contributed by atoms with Crippen LogP contribution in [0.4, 0.5) is 5.69 Å². The van der Waals surface area contributed by atoms with Crippen molar-refractivity contribution in [2.45, 2.75) is 12.5 Å². The van der Waals surface area contributed by atoms with E-state index in [-0.39, 0.29) is 12.1 Å². The van der Waals surface area contributed by atoms with E-state index in [1.165, 1.54) is 17.4 Å². The molecule has 4 nitrogen and oxygen atoms in total. The van der Waals surface area contributed by atoms with Crippen LogP contribution in [0.15, 0.2) is 40.2 Å². The fourth-order valence-electron chi connectivity index (χ4n) is 1.71. The predicted octanol–water partition coefficient (Wildman–Crippen LogP) is 3.69. The van der Waals surface area contributed by atoms with Gasteiger partial charge in [0.05, 0.1) is 11.0 Å². The highest BCUT2D eigenvalue weighted by Gasteiger charge is 2.19. The van der Waals surface area contributed by atoms with Crippen LogP contribution in [0.5, 0.6) is 0 Å². The zero-order valence-corrected chi connectivity index (χ0v) is 11.6. The number of para-hydroxylation sites is 1. The van der Waals surface area contributed by atoms with E-state index in [4.69, 9.17) is 0 Å². The molecule has 0 fully saturated rings. The topological polar surface area (TPSA) is 63.4 Å². The summed E-state index contributed by atoms with van der Waals surface area (Å²) in [6.07, 6.45) is -0.503. The molecular formula is C12H10BrNO3S. The lowest BCUT2D eigenvalue weighted by atomic mass is 10.1. The number of rotatable bonds is 4. The van der Waals surface area contributed by atoms with Crippen molar-refractivity contribution >= 4 is 33.0 Å². The first-order chi connectivity index (χ1) is 8.59. The summed E-state index contributed by atoms with van der Waals surface area (Å²) in [6.45, 7) is 0. The molecule has 1 N–H and O–H groups in total. The highest BCUT2D eigenvalue weighted by atomic mass is 79.9. The van der Waals surface area contributed by atoms with E-state index < -0.39 is 11.0 Å². The maximum atomic E-state index is 10.9. The average molecular weight is 328 g/mol. The van der Waals surface area contributed by atoms with Crippen LogP contribution < -0.4 is 0 Å². The summed E-state index contributed by atoms with van der Waals surface area (Å²) in [4.78, 5) is 11.2. The molecule has 0 saturated carbocycles. The molecule has 2 rings (SSSR count). The third-order valence-electron chi connectivity index (χ3n) is 2.55. The van der Waals surface area contributed by atoms with Gasteiger partial charge in [-0.3, -0.25) is 10.1 Å². The number of halogens is 1. The van der Waals surface area contributed by atoms with Gasteiger partial charge < -0.3 is 5.11 Å². The second kappa shape index (κ2) is 5.60. The molecule has 1 aromatic carbocycles. The van der Waals surface area contributed by atoms with Crippen LogP contribution >= 0.6 is 27.3 Å². The zero-order valence-electron chi connectivity index (χ0n) is 9.25. The van der Waals surface area contributed by atoms with E-state index >= 15 is 0 Å². The molecule has 0 spiro atoms. The lowest BCUT2D eigenvalue weighted by Crippen LogP contribution is -2.03. The predicted molar refractivity (Wildman–Crippen MR) is 73.8 cm³/mol. The molecule has 0 aliphatic rings. The van der Waals surface area contributed by atoms with Crippen molar-refractivity contribution < 1.29 is 10.0 Å². The van der Waals surface area contributed by atoms with Crippen molar-refractivity contribution in [1.82, 2.24) is 0 Å². The van der Waals surface area contributed by atoms with Crippen LogP contribution in [-0.4, -0.2) is 10.0 Å². The fraction of sp³-hybridized carbons (Fsp3) is 0.167. The number of nitro benzene ring substituents is 1. The number of aliphatic hydroxyl groups is 1. The van der Waals surface area contributed by atoms with Crippen LogP contribution in [0.3, 0.4) is 0 Å². The zero-order chi connectivity index (χ0) is 13.1. The standard InChI is InChI=1S/C12H10BrNO3S/c13-9-5-6-18-12(9)11(15)7-8-3-1-2-4-10(8)14(16)17/h1-6,11,15H,7H2. The summed E-state index contributed by atoms with van der Waals surface area (Å²) < 4.78 is 0.832. The maximum absolute atomic E-state index is 10.9. The van der Waals surface area contributed by atoms with Crippen molar-refractivity contribution in [2.75, 3.05) is 0 Å². The highest BCUT2D eigenvalue weighted by molar-refractivity contribution is 9.10. The van der Waals surface area contributed by atoms with Gasteiger partial charge in [-0.05, 0) is 27.4 Å². The van der Waals surface area contributed by atoms with Crippen LogP contribution in [0.2, 0.25) is 0 Å². The van der Waals surface area contributed by atoms with E-state index in [0.717, 1.165) is 9.35 Å². The minimum absolute atomic E-state index is 0.0456. The molecule has 6 heteroatoms. The maximum Gasteiger partial charge on any atom is 0.272 e. The number of thiophene rings is 1. The minimum atomic E-state index is -0.736. The number of aliphatic hydroxyl groups excluding tert-OH is 1. The van der Waals surface area contributed by atoms with Gasteiger partial charge in [-0.15, -0.1) is 11.3 Å². The number of nitrogens with zero attached hydrogens (tertiary/aromatic N) is 1. The number of hydrogen-bond donors (Lipinski definition) is 1. The summed E-state index contributed by atoms with van der Waals surface area (Å²) in [5.74, 6) is 0. The first-order valence-electron chi connectivity index (χ1n) is 5.23. The van der Waals surface area contributed by atoms with Crippen molar-refractivity contribution in [3.8, 4) is 0 Å². The summed E-state index contributed by atoms with van der Waals surface area (Å²) in [5, 5.41) is 22.8. The molecule has 2 aromatic rings. The Bertz CT molecular complexity index is 570. The van der Waals surface area contributed by atoms with Gasteiger partial charge in [0.15, 0.2) is 0 Å². The average Bonchev–Trinajstić information content (AvgIpc) is 2.76. The first kappa shape index (κ1) is 13.2. The monoisotopic (exact) mass is 327 g/mol. The normalized spacial score (nSPS) is 12.3. The molecule has 1 heterocycles. The molecule has 0 bridgehead atoms. The van der Waals surface area contributed by atoms with Crippen LogP contribution in [0.1, 0.15) is 16.5 Å². The van der Waals surface area contributed by atoms with Crippen molar-refractivity contribution in [3.63, 3.8) is 0 Å². The van der Waals surface area contributed by atoms with Gasteiger partial charge in [0.25, 0.3) is 5.69 Å². The molecule has 0 aliphatic heterocycles. The Morgan fingerprint density at radius 2 is 2.11 bits per heavy atom. The Morgan fingerprint density at radius 1 is 1.39 bits per heavy atom. The Balaban J connectivity index is 2.25. The lowest BCUT2D eigenvalue weighted by Gasteiger charge is -2.09. The summed E-state index contributed by atoms with van der Waals surface area (Å²) in [7, 11) is 0. The molecule has 0 amide bonds. The second-order valence-electron chi connectivity index (χ2n) is 3.74. The first-order valence-corrected chi connectivity index (χ1v) is 6.90. The van der Waals surface area contributed by atoms with Crippen LogP contribution in [0.25, 0.3) is 0 Å². The molecule has 1 atom stereocenters. The third kappa shape index (κ3) is 2.77. The van der Waals surface area contributed by atoms with Crippen molar-refractivity contribution in [2.24, 2.45) is 0 Å². The lowest BCUT2D eigenvalue weighted by molar-refractivity contribution is -0.385. The van der Waals surface area contributed by atoms with Crippen LogP contribution in [-0.2, 0) is 6.42 Å². The largest absolute Gasteiger partial charge is 0.387 e. The number of nitro groups is 1. The Labute approximate surface area is 116 Å². The molecule has 0 saturated heterocycles. The summed E-state index contributed by atoms with van der Waals surface area (Å²) >= 11 is 4.77. The minimum Gasteiger partial charge on any atom is -0.387 e. The molecule has 0 radical (unpaired) electrons. The smallest absolute Gasteiger partial charge is 0.272 e. The van der Waals surface area contributed by atoms with Gasteiger partial charge in [0.2, 0.25) is 0 Å². The van der Waals surface area contributed by atoms with E-state index in [0.29, 0.717) is 5.56 Å². The summed E-state index contributed by atoms with van der Waals surface area (Å²) in [5.41, 5.74) is 0.583. The Morgan fingerprint density at radius 3 is 2.72 bits per heavy atom. The molecule has 1 aromatic heterocycles. The van der Waals surface area contributed by atoms with Gasteiger partial charge in [-0.1, -0.05) is 18.2 Å². The molecule has 1 unspecified atom stereocenters. The second-order valence-corrected chi connectivity index (χ2v) is 5.54. The van der Waals surface area contributed by atoms with Gasteiger partial charge in [0, 0.05) is 27.4 Å². The van der Waals surface area contributed by atoms with Gasteiger partial charge in [0.1, 0.15) is 0 Å². The number of hydrogen-bond acceptors (Lipinski definition) is 4. The third-order valence-corrected chi connectivity index (χ3v) is 4.52. The van der Waals surface area contributed by atoms with E-state index in [1.54, 1.807) is 18.2 Å². The molecular weight excluding hydrogens is 318 g/mol. The van der Waals surface area contributed by atoms with Gasteiger partial charge in [-0.25, -0.2) is 0 Å².